The van der Waals surface area contributed by atoms with Crippen LogP contribution >= 0.6 is 11.6 Å². The van der Waals surface area contributed by atoms with Crippen LogP contribution in [0.25, 0.3) is 0 Å². The molecule has 0 aliphatic carbocycles. The van der Waals surface area contributed by atoms with Gasteiger partial charge in [0.2, 0.25) is 0 Å². The Morgan fingerprint density at radius 3 is 3.09 bits per heavy atom. The first-order chi connectivity index (χ1) is 11.1. The van der Waals surface area contributed by atoms with Crippen molar-refractivity contribution in [3.63, 3.8) is 0 Å². The molecule has 3 rings (SSSR count). The van der Waals surface area contributed by atoms with E-state index in [0.29, 0.717) is 24.6 Å². The lowest BCUT2D eigenvalue weighted by molar-refractivity contribution is -0.0566. The number of halogens is 1. The van der Waals surface area contributed by atoms with Crippen LogP contribution in [-0.4, -0.2) is 65.4 Å². The summed E-state index contributed by atoms with van der Waals surface area (Å²) in [5.41, 5.74) is -0.0674. The van der Waals surface area contributed by atoms with Gasteiger partial charge in [-0.25, -0.2) is 0 Å². The van der Waals surface area contributed by atoms with Crippen molar-refractivity contribution in [2.24, 2.45) is 0 Å². The second-order valence-corrected chi connectivity index (χ2v) is 6.45. The molecule has 0 aromatic carbocycles. The zero-order valence-electron chi connectivity index (χ0n) is 12.6. The van der Waals surface area contributed by atoms with Gasteiger partial charge in [0.1, 0.15) is 5.02 Å². The maximum absolute atomic E-state index is 12.3. The Kier molecular flexibility index (Phi) is 5.01. The highest BCUT2D eigenvalue weighted by Crippen LogP contribution is 2.24. The summed E-state index contributed by atoms with van der Waals surface area (Å²) in [6, 6.07) is 1.71. The van der Waals surface area contributed by atoms with Gasteiger partial charge in [-0.05, 0) is 18.9 Å². The second-order valence-electron chi connectivity index (χ2n) is 6.05. The summed E-state index contributed by atoms with van der Waals surface area (Å²) >= 11 is 5.75. The van der Waals surface area contributed by atoms with Crippen LogP contribution in [0.15, 0.2) is 17.1 Å². The Labute approximate surface area is 138 Å². The van der Waals surface area contributed by atoms with Gasteiger partial charge in [0.05, 0.1) is 18.3 Å². The molecular formula is C15H20ClN3O4. The number of aliphatic hydroxyl groups is 1. The van der Waals surface area contributed by atoms with Gasteiger partial charge in [-0.2, -0.15) is 0 Å². The molecule has 7 nitrogen and oxygen atoms in total. The Balaban J connectivity index is 1.58. The van der Waals surface area contributed by atoms with Gasteiger partial charge in [0.25, 0.3) is 11.5 Å². The van der Waals surface area contributed by atoms with E-state index in [-0.39, 0.29) is 29.7 Å². The average molecular weight is 342 g/mol. The van der Waals surface area contributed by atoms with E-state index in [4.69, 9.17) is 21.4 Å². The number of fused-ring (bicyclic) bond motifs is 1. The molecule has 126 valence electrons. The molecule has 3 N–H and O–H groups in total. The molecule has 23 heavy (non-hydrogen) atoms. The van der Waals surface area contributed by atoms with Crippen LogP contribution in [0.5, 0.6) is 0 Å². The number of aliphatic hydroxyl groups excluding tert-OH is 1. The largest absolute Gasteiger partial charge is 0.396 e. The predicted molar refractivity (Wildman–Crippen MR) is 84.7 cm³/mol. The number of pyridine rings is 1. The molecule has 0 saturated carbocycles. The first-order valence-electron chi connectivity index (χ1n) is 7.72. The SMILES string of the molecule is O=C(N[C@H]1C[C@H]2CO[C@@H](CCO)CN2C1)c1c[nH]c(=O)c(Cl)c1. The number of ether oxygens (including phenoxy) is 1. The quantitative estimate of drug-likeness (QED) is 0.715. The average Bonchev–Trinajstić information content (AvgIpc) is 2.91. The van der Waals surface area contributed by atoms with Crippen molar-refractivity contribution in [3.8, 4) is 0 Å². The first-order valence-corrected chi connectivity index (χ1v) is 8.10. The minimum atomic E-state index is -0.409. The number of morpholine rings is 1. The van der Waals surface area contributed by atoms with E-state index in [2.05, 4.69) is 15.2 Å². The third kappa shape index (κ3) is 3.74. The van der Waals surface area contributed by atoms with Gasteiger partial charge in [0, 0.05) is 38.0 Å². The van der Waals surface area contributed by atoms with Crippen LogP contribution < -0.4 is 10.9 Å². The molecule has 0 spiro atoms. The number of rotatable bonds is 4. The molecular weight excluding hydrogens is 322 g/mol. The maximum atomic E-state index is 12.3. The minimum Gasteiger partial charge on any atom is -0.396 e. The number of hydrogen-bond acceptors (Lipinski definition) is 5. The van der Waals surface area contributed by atoms with Gasteiger partial charge in [0.15, 0.2) is 0 Å². The number of hydrogen-bond donors (Lipinski definition) is 3. The number of carbonyl (C=O) groups is 1. The number of H-pyrrole nitrogens is 1. The van der Waals surface area contributed by atoms with E-state index in [0.717, 1.165) is 19.5 Å². The first kappa shape index (κ1) is 16.4. The highest BCUT2D eigenvalue weighted by atomic mass is 35.5. The molecule has 2 saturated heterocycles. The van der Waals surface area contributed by atoms with Gasteiger partial charge in [-0.3, -0.25) is 14.5 Å². The lowest BCUT2D eigenvalue weighted by Crippen LogP contribution is -2.46. The Morgan fingerprint density at radius 2 is 2.35 bits per heavy atom. The number of aromatic nitrogens is 1. The lowest BCUT2D eigenvalue weighted by atomic mass is 10.1. The summed E-state index contributed by atoms with van der Waals surface area (Å²) in [6.45, 7) is 2.29. The van der Waals surface area contributed by atoms with Crippen LogP contribution in [-0.2, 0) is 4.74 Å². The van der Waals surface area contributed by atoms with E-state index >= 15 is 0 Å². The van der Waals surface area contributed by atoms with E-state index in [1.165, 1.54) is 12.3 Å². The van der Waals surface area contributed by atoms with Crippen molar-refractivity contribution in [2.75, 3.05) is 26.3 Å². The fourth-order valence-corrected chi connectivity index (χ4v) is 3.39. The zero-order valence-corrected chi connectivity index (χ0v) is 13.4. The Hall–Kier alpha value is -1.41. The van der Waals surface area contributed by atoms with Crippen molar-refractivity contribution < 1.29 is 14.6 Å². The molecule has 1 aromatic heterocycles. The van der Waals surface area contributed by atoms with Crippen molar-refractivity contribution in [1.29, 1.82) is 0 Å². The molecule has 0 radical (unpaired) electrons. The Bertz CT molecular complexity index is 635. The molecule has 2 fully saturated rings. The highest BCUT2D eigenvalue weighted by Gasteiger charge is 2.37. The summed E-state index contributed by atoms with van der Waals surface area (Å²) in [4.78, 5) is 28.2. The zero-order chi connectivity index (χ0) is 16.4. The maximum Gasteiger partial charge on any atom is 0.266 e. The van der Waals surface area contributed by atoms with Crippen molar-refractivity contribution in [3.05, 3.63) is 33.2 Å². The number of nitrogens with one attached hydrogen (secondary N) is 2. The molecule has 2 aliphatic heterocycles. The molecule has 1 amide bonds. The van der Waals surface area contributed by atoms with Crippen molar-refractivity contribution in [1.82, 2.24) is 15.2 Å². The Morgan fingerprint density at radius 1 is 1.52 bits per heavy atom. The summed E-state index contributed by atoms with van der Waals surface area (Å²) in [6.07, 6.45) is 2.89. The van der Waals surface area contributed by atoms with Crippen LogP contribution in [0.4, 0.5) is 0 Å². The number of amides is 1. The molecule has 3 heterocycles. The van der Waals surface area contributed by atoms with Gasteiger partial charge >= 0.3 is 0 Å². The number of aromatic amines is 1. The summed E-state index contributed by atoms with van der Waals surface area (Å²) in [5.74, 6) is -0.249. The molecule has 3 atom stereocenters. The topological polar surface area (TPSA) is 94.7 Å². The van der Waals surface area contributed by atoms with E-state index in [1.54, 1.807) is 0 Å². The normalized spacial score (nSPS) is 27.7. The summed E-state index contributed by atoms with van der Waals surface area (Å²) in [5, 5.41) is 12.0. The summed E-state index contributed by atoms with van der Waals surface area (Å²) < 4.78 is 5.73. The van der Waals surface area contributed by atoms with Crippen LogP contribution in [0.3, 0.4) is 0 Å². The van der Waals surface area contributed by atoms with Crippen LogP contribution in [0.2, 0.25) is 5.02 Å². The molecule has 2 aliphatic rings. The second kappa shape index (κ2) is 7.00. The molecule has 0 unspecified atom stereocenters. The van der Waals surface area contributed by atoms with E-state index in [1.807, 2.05) is 0 Å². The lowest BCUT2D eigenvalue weighted by Gasteiger charge is -2.34. The van der Waals surface area contributed by atoms with Crippen molar-refractivity contribution >= 4 is 17.5 Å². The van der Waals surface area contributed by atoms with Gasteiger partial charge in [-0.15, -0.1) is 0 Å². The number of carbonyl (C=O) groups excluding carboxylic acids is 1. The highest BCUT2D eigenvalue weighted by molar-refractivity contribution is 6.30. The predicted octanol–water partition coefficient (Wildman–Crippen LogP) is -0.0178. The molecule has 8 heteroatoms. The summed E-state index contributed by atoms with van der Waals surface area (Å²) in [7, 11) is 0. The minimum absolute atomic E-state index is 0.00161. The third-order valence-electron chi connectivity index (χ3n) is 4.40. The van der Waals surface area contributed by atoms with E-state index < -0.39 is 5.56 Å². The fourth-order valence-electron chi connectivity index (χ4n) is 3.22. The monoisotopic (exact) mass is 341 g/mol. The smallest absolute Gasteiger partial charge is 0.266 e. The standard InChI is InChI=1S/C15H20ClN3O4/c16-13-3-9(5-17-15(13)22)14(21)18-10-4-11-8-23-12(1-2-20)7-19(11)6-10/h3,5,10-12,20H,1-2,4,6-8H2,(H,17,22)(H,18,21)/t10-,11-,12-/m0/s1. The number of nitrogens with zero attached hydrogens (tertiary/aromatic N) is 1. The van der Waals surface area contributed by atoms with Crippen LogP contribution in [0, 0.1) is 0 Å². The fraction of sp³-hybridized carbons (Fsp3) is 0.600. The van der Waals surface area contributed by atoms with Gasteiger partial charge in [-0.1, -0.05) is 11.6 Å². The van der Waals surface area contributed by atoms with Gasteiger partial charge < -0.3 is 20.1 Å². The molecule has 1 aromatic rings. The van der Waals surface area contributed by atoms with E-state index in [9.17, 15) is 9.59 Å². The van der Waals surface area contributed by atoms with Crippen LogP contribution in [0.1, 0.15) is 23.2 Å². The van der Waals surface area contributed by atoms with Crippen molar-refractivity contribution in [2.45, 2.75) is 31.0 Å². The third-order valence-corrected chi connectivity index (χ3v) is 4.68. The molecule has 0 bridgehead atoms.